The van der Waals surface area contributed by atoms with Crippen molar-refractivity contribution in [3.63, 3.8) is 0 Å². The molecule has 3 amide bonds. The number of hydroxylamine groups is 1. The highest BCUT2D eigenvalue weighted by atomic mass is 16.6. The highest BCUT2D eigenvalue weighted by Gasteiger charge is 2.35. The van der Waals surface area contributed by atoms with Crippen LogP contribution in [0.4, 0.5) is 4.79 Å². The van der Waals surface area contributed by atoms with Gasteiger partial charge in [0.2, 0.25) is 5.91 Å². The van der Waals surface area contributed by atoms with Crippen molar-refractivity contribution >= 4 is 17.9 Å². The minimum atomic E-state index is -0.727. The molecule has 1 aromatic carbocycles. The largest absolute Gasteiger partial charge is 0.445 e. The fourth-order valence-corrected chi connectivity index (χ4v) is 2.38. The quantitative estimate of drug-likeness (QED) is 0.538. The second-order valence-electron chi connectivity index (χ2n) is 5.14. The average Bonchev–Trinajstić information content (AvgIpc) is 3.08. The van der Waals surface area contributed by atoms with Crippen molar-refractivity contribution in [2.24, 2.45) is 0 Å². The second kappa shape index (κ2) is 8.14. The average molecular weight is 321 g/mol. The standard InChI is InChI=1S/C15H19N3O5/c19-13(17-22)9-16-14(20)12-7-4-8-18(12)15(21)23-10-11-5-2-1-3-6-11/h1-3,5-6,12,22H,4,7-10H2,(H,16,20)(H,17,19)/t12-/m0/s1. The Bertz CT molecular complexity index is 563. The maximum absolute atomic E-state index is 12.1. The molecule has 0 spiro atoms. The number of nitrogens with zero attached hydrogens (tertiary/aromatic N) is 1. The SMILES string of the molecule is O=C(CNC(=O)[C@@H]1CCCN1C(=O)OCc1ccccc1)NO. The van der Waals surface area contributed by atoms with E-state index in [1.54, 1.807) is 0 Å². The lowest BCUT2D eigenvalue weighted by atomic mass is 10.2. The normalized spacial score (nSPS) is 16.7. The van der Waals surface area contributed by atoms with E-state index >= 15 is 0 Å². The predicted molar refractivity (Wildman–Crippen MR) is 79.3 cm³/mol. The van der Waals surface area contributed by atoms with Gasteiger partial charge in [-0.25, -0.2) is 10.3 Å². The molecule has 0 saturated carbocycles. The Balaban J connectivity index is 1.86. The molecule has 1 aromatic rings. The van der Waals surface area contributed by atoms with E-state index in [9.17, 15) is 14.4 Å². The van der Waals surface area contributed by atoms with Crippen molar-refractivity contribution in [2.45, 2.75) is 25.5 Å². The molecule has 2 rings (SSSR count). The molecule has 1 heterocycles. The van der Waals surface area contributed by atoms with E-state index in [2.05, 4.69) is 5.32 Å². The van der Waals surface area contributed by atoms with Crippen LogP contribution in [0.1, 0.15) is 18.4 Å². The number of nitrogens with one attached hydrogen (secondary N) is 2. The van der Waals surface area contributed by atoms with Gasteiger partial charge in [-0.1, -0.05) is 30.3 Å². The molecule has 0 aliphatic carbocycles. The van der Waals surface area contributed by atoms with Crippen LogP contribution in [0.25, 0.3) is 0 Å². The Morgan fingerprint density at radius 1 is 1.26 bits per heavy atom. The van der Waals surface area contributed by atoms with Crippen LogP contribution in [0.5, 0.6) is 0 Å². The summed E-state index contributed by atoms with van der Waals surface area (Å²) in [5, 5.41) is 10.8. The molecule has 8 heteroatoms. The van der Waals surface area contributed by atoms with Crippen molar-refractivity contribution in [3.05, 3.63) is 35.9 Å². The van der Waals surface area contributed by atoms with E-state index in [0.29, 0.717) is 19.4 Å². The first-order valence-corrected chi connectivity index (χ1v) is 7.30. The summed E-state index contributed by atoms with van der Waals surface area (Å²) >= 11 is 0. The first kappa shape index (κ1) is 16.8. The molecule has 1 aliphatic heterocycles. The smallest absolute Gasteiger partial charge is 0.410 e. The topological polar surface area (TPSA) is 108 Å². The van der Waals surface area contributed by atoms with Gasteiger partial charge in [0.15, 0.2) is 0 Å². The number of benzene rings is 1. The summed E-state index contributed by atoms with van der Waals surface area (Å²) in [6.45, 7) is 0.216. The van der Waals surface area contributed by atoms with Gasteiger partial charge in [-0.05, 0) is 18.4 Å². The molecule has 1 fully saturated rings. The molecule has 0 bridgehead atoms. The molecular formula is C15H19N3O5. The molecule has 0 aromatic heterocycles. The molecule has 8 nitrogen and oxygen atoms in total. The van der Waals surface area contributed by atoms with Gasteiger partial charge >= 0.3 is 6.09 Å². The zero-order valence-electron chi connectivity index (χ0n) is 12.5. The molecule has 0 unspecified atom stereocenters. The van der Waals surface area contributed by atoms with Crippen LogP contribution >= 0.6 is 0 Å². The molecule has 1 aliphatic rings. The molecule has 1 saturated heterocycles. The number of hydrogen-bond acceptors (Lipinski definition) is 5. The van der Waals surface area contributed by atoms with Gasteiger partial charge in [-0.2, -0.15) is 0 Å². The van der Waals surface area contributed by atoms with Gasteiger partial charge in [0.05, 0.1) is 6.54 Å². The summed E-state index contributed by atoms with van der Waals surface area (Å²) in [6, 6.07) is 8.59. The third-order valence-electron chi connectivity index (χ3n) is 3.54. The zero-order chi connectivity index (χ0) is 16.7. The lowest BCUT2D eigenvalue weighted by Gasteiger charge is -2.23. The van der Waals surface area contributed by atoms with Crippen LogP contribution < -0.4 is 10.8 Å². The zero-order valence-corrected chi connectivity index (χ0v) is 12.5. The van der Waals surface area contributed by atoms with Gasteiger partial charge in [-0.15, -0.1) is 0 Å². The predicted octanol–water partition coefficient (Wildman–Crippen LogP) is 0.409. The molecule has 0 radical (unpaired) electrons. The first-order chi connectivity index (χ1) is 11.1. The fourth-order valence-electron chi connectivity index (χ4n) is 2.38. The lowest BCUT2D eigenvalue weighted by molar-refractivity contribution is -0.132. The van der Waals surface area contributed by atoms with Crippen LogP contribution in [-0.4, -0.2) is 47.1 Å². The van der Waals surface area contributed by atoms with Crippen molar-refractivity contribution in [2.75, 3.05) is 13.1 Å². The lowest BCUT2D eigenvalue weighted by Crippen LogP contribution is -2.48. The summed E-state index contributed by atoms with van der Waals surface area (Å²) in [5.41, 5.74) is 2.29. The Kier molecular flexibility index (Phi) is 5.93. The van der Waals surface area contributed by atoms with Crippen LogP contribution in [0.2, 0.25) is 0 Å². The van der Waals surface area contributed by atoms with Crippen molar-refractivity contribution in [1.82, 2.24) is 15.7 Å². The third-order valence-corrected chi connectivity index (χ3v) is 3.54. The van der Waals surface area contributed by atoms with Crippen molar-refractivity contribution in [3.8, 4) is 0 Å². The number of amides is 3. The maximum atomic E-state index is 12.1. The van der Waals surface area contributed by atoms with Gasteiger partial charge in [0.25, 0.3) is 5.91 Å². The van der Waals surface area contributed by atoms with E-state index in [4.69, 9.17) is 9.94 Å². The first-order valence-electron chi connectivity index (χ1n) is 7.30. The van der Waals surface area contributed by atoms with E-state index in [-0.39, 0.29) is 13.2 Å². The van der Waals surface area contributed by atoms with Gasteiger partial charge in [0.1, 0.15) is 12.6 Å². The monoisotopic (exact) mass is 321 g/mol. The Labute approximate surface area is 133 Å². The summed E-state index contributed by atoms with van der Waals surface area (Å²) < 4.78 is 5.23. The number of ether oxygens (including phenoxy) is 1. The van der Waals surface area contributed by atoms with E-state index in [1.807, 2.05) is 30.3 Å². The third kappa shape index (κ3) is 4.68. The molecule has 23 heavy (non-hydrogen) atoms. The highest BCUT2D eigenvalue weighted by Crippen LogP contribution is 2.19. The Morgan fingerprint density at radius 3 is 2.70 bits per heavy atom. The minimum absolute atomic E-state index is 0.136. The van der Waals surface area contributed by atoms with E-state index in [1.165, 1.54) is 10.4 Å². The summed E-state index contributed by atoms with van der Waals surface area (Å²) in [7, 11) is 0. The van der Waals surface area contributed by atoms with Crippen LogP contribution in [0.3, 0.4) is 0 Å². The van der Waals surface area contributed by atoms with Crippen LogP contribution in [0.15, 0.2) is 30.3 Å². The van der Waals surface area contributed by atoms with Gasteiger partial charge in [0, 0.05) is 6.54 Å². The number of rotatable bonds is 5. The molecular weight excluding hydrogens is 302 g/mol. The molecule has 1 atom stereocenters. The second-order valence-corrected chi connectivity index (χ2v) is 5.14. The van der Waals surface area contributed by atoms with Crippen molar-refractivity contribution in [1.29, 1.82) is 0 Å². The van der Waals surface area contributed by atoms with E-state index in [0.717, 1.165) is 5.56 Å². The molecule has 3 N–H and O–H groups in total. The van der Waals surface area contributed by atoms with Crippen LogP contribution in [0, 0.1) is 0 Å². The van der Waals surface area contributed by atoms with Crippen molar-refractivity contribution < 1.29 is 24.3 Å². The highest BCUT2D eigenvalue weighted by molar-refractivity contribution is 5.89. The summed E-state index contributed by atoms with van der Waals surface area (Å²) in [5.74, 6) is -1.17. The summed E-state index contributed by atoms with van der Waals surface area (Å²) in [6.07, 6.45) is 0.635. The van der Waals surface area contributed by atoms with Gasteiger partial charge in [-0.3, -0.25) is 19.7 Å². The number of carbonyl (C=O) groups excluding carboxylic acids is 3. The fraction of sp³-hybridized carbons (Fsp3) is 0.400. The summed E-state index contributed by atoms with van der Waals surface area (Å²) in [4.78, 5) is 36.4. The number of likely N-dealkylation sites (tertiary alicyclic amines) is 1. The molecule has 124 valence electrons. The van der Waals surface area contributed by atoms with E-state index < -0.39 is 23.9 Å². The van der Waals surface area contributed by atoms with Crippen LogP contribution in [-0.2, 0) is 20.9 Å². The Morgan fingerprint density at radius 2 is 2.00 bits per heavy atom. The number of carbonyl (C=O) groups is 3. The maximum Gasteiger partial charge on any atom is 0.410 e. The minimum Gasteiger partial charge on any atom is -0.445 e. The van der Waals surface area contributed by atoms with Gasteiger partial charge < -0.3 is 10.1 Å². The Hall–Kier alpha value is -2.61. The number of hydrogen-bond donors (Lipinski definition) is 3.